The summed E-state index contributed by atoms with van der Waals surface area (Å²) in [5, 5.41) is 2.67. The van der Waals surface area contributed by atoms with Crippen LogP contribution in [0.25, 0.3) is 0 Å². The van der Waals surface area contributed by atoms with Gasteiger partial charge >= 0.3 is 0 Å². The van der Waals surface area contributed by atoms with Crippen molar-refractivity contribution >= 4 is 5.91 Å². The van der Waals surface area contributed by atoms with E-state index in [2.05, 4.69) is 15.1 Å². The molecule has 0 saturated carbocycles. The zero-order valence-electron chi connectivity index (χ0n) is 11.7. The Morgan fingerprint density at radius 3 is 2.85 bits per heavy atom. The maximum Gasteiger partial charge on any atom is 0.254 e. The quantitative estimate of drug-likeness (QED) is 0.897. The monoisotopic (exact) mass is 283 g/mol. The van der Waals surface area contributed by atoms with Gasteiger partial charge in [0.15, 0.2) is 11.6 Å². The van der Waals surface area contributed by atoms with E-state index in [4.69, 9.17) is 0 Å². The smallest absolute Gasteiger partial charge is 0.254 e. The second kappa shape index (κ2) is 6.28. The Morgan fingerprint density at radius 1 is 1.35 bits per heavy atom. The molecule has 0 bridgehead atoms. The molecule has 1 heterocycles. The average Bonchev–Trinajstić information content (AvgIpc) is 2.42. The predicted molar refractivity (Wildman–Crippen MR) is 72.6 cm³/mol. The summed E-state index contributed by atoms with van der Waals surface area (Å²) in [5.41, 5.74) is -0.253. The molecule has 1 fully saturated rings. The lowest BCUT2D eigenvalue weighted by Crippen LogP contribution is -2.54. The van der Waals surface area contributed by atoms with Crippen molar-refractivity contribution in [3.63, 3.8) is 0 Å². The van der Waals surface area contributed by atoms with Crippen molar-refractivity contribution in [1.82, 2.24) is 15.1 Å². The van der Waals surface area contributed by atoms with E-state index in [0.29, 0.717) is 6.54 Å². The molecule has 1 unspecified atom stereocenters. The van der Waals surface area contributed by atoms with Crippen LogP contribution in [0.5, 0.6) is 0 Å². The number of piperazine rings is 1. The number of carbonyl (C=O) groups is 1. The summed E-state index contributed by atoms with van der Waals surface area (Å²) in [4.78, 5) is 16.2. The van der Waals surface area contributed by atoms with Gasteiger partial charge in [0.1, 0.15) is 0 Å². The van der Waals surface area contributed by atoms with Crippen LogP contribution in [-0.2, 0) is 0 Å². The van der Waals surface area contributed by atoms with Gasteiger partial charge in [0, 0.05) is 32.2 Å². The van der Waals surface area contributed by atoms with E-state index >= 15 is 0 Å². The summed E-state index contributed by atoms with van der Waals surface area (Å²) in [5.74, 6) is -2.69. The van der Waals surface area contributed by atoms with Crippen molar-refractivity contribution < 1.29 is 13.6 Å². The molecule has 0 aromatic heterocycles. The number of amides is 1. The van der Waals surface area contributed by atoms with Crippen LogP contribution in [-0.4, -0.2) is 62.0 Å². The number of nitrogens with zero attached hydrogens (tertiary/aromatic N) is 2. The predicted octanol–water partition coefficient (Wildman–Crippen LogP) is 0.940. The third-order valence-electron chi connectivity index (χ3n) is 3.67. The number of hydrogen-bond donors (Lipinski definition) is 1. The molecule has 1 N–H and O–H groups in total. The molecule has 6 heteroatoms. The summed E-state index contributed by atoms with van der Waals surface area (Å²) in [7, 11) is 4.01. The van der Waals surface area contributed by atoms with E-state index in [-0.39, 0.29) is 11.6 Å². The molecule has 1 aliphatic rings. The van der Waals surface area contributed by atoms with Crippen molar-refractivity contribution in [2.24, 2.45) is 0 Å². The highest BCUT2D eigenvalue weighted by molar-refractivity contribution is 5.94. The van der Waals surface area contributed by atoms with Gasteiger partial charge in [-0.1, -0.05) is 6.07 Å². The largest absolute Gasteiger partial charge is 0.350 e. The van der Waals surface area contributed by atoms with Gasteiger partial charge < -0.3 is 10.2 Å². The third kappa shape index (κ3) is 3.32. The van der Waals surface area contributed by atoms with Crippen molar-refractivity contribution in [2.45, 2.75) is 6.04 Å². The first-order chi connectivity index (χ1) is 9.49. The summed E-state index contributed by atoms with van der Waals surface area (Å²) < 4.78 is 26.6. The fourth-order valence-corrected chi connectivity index (χ4v) is 2.31. The Kier molecular flexibility index (Phi) is 4.67. The SMILES string of the molecule is CN1CCN(C)C(CNC(=O)c2cccc(F)c2F)C1. The molecule has 0 spiro atoms. The first-order valence-corrected chi connectivity index (χ1v) is 6.60. The van der Waals surface area contributed by atoms with Crippen molar-refractivity contribution in [1.29, 1.82) is 0 Å². The highest BCUT2D eigenvalue weighted by Crippen LogP contribution is 2.11. The van der Waals surface area contributed by atoms with Crippen LogP contribution in [0.2, 0.25) is 0 Å². The second-order valence-corrected chi connectivity index (χ2v) is 5.21. The average molecular weight is 283 g/mol. The Hall–Kier alpha value is -1.53. The Bertz CT molecular complexity index is 495. The van der Waals surface area contributed by atoms with Crippen molar-refractivity contribution in [3.05, 3.63) is 35.4 Å². The summed E-state index contributed by atoms with van der Waals surface area (Å²) >= 11 is 0. The van der Waals surface area contributed by atoms with E-state index in [1.807, 2.05) is 14.1 Å². The van der Waals surface area contributed by atoms with E-state index in [9.17, 15) is 13.6 Å². The molecule has 1 atom stereocenters. The van der Waals surface area contributed by atoms with Gasteiger partial charge in [-0.2, -0.15) is 0 Å². The Labute approximate surface area is 117 Å². The number of halogens is 2. The van der Waals surface area contributed by atoms with E-state index < -0.39 is 17.5 Å². The summed E-state index contributed by atoms with van der Waals surface area (Å²) in [6, 6.07) is 3.78. The summed E-state index contributed by atoms with van der Waals surface area (Å²) in [6.45, 7) is 3.16. The van der Waals surface area contributed by atoms with Crippen LogP contribution in [0.1, 0.15) is 10.4 Å². The van der Waals surface area contributed by atoms with Gasteiger partial charge in [-0.3, -0.25) is 9.69 Å². The molecule has 1 saturated heterocycles. The van der Waals surface area contributed by atoms with Crippen LogP contribution >= 0.6 is 0 Å². The van der Waals surface area contributed by atoms with Crippen molar-refractivity contribution in [3.8, 4) is 0 Å². The molecule has 2 rings (SSSR count). The summed E-state index contributed by atoms with van der Waals surface area (Å²) in [6.07, 6.45) is 0. The number of rotatable bonds is 3. The lowest BCUT2D eigenvalue weighted by molar-refractivity contribution is 0.0877. The van der Waals surface area contributed by atoms with Gasteiger partial charge in [0.05, 0.1) is 5.56 Å². The third-order valence-corrected chi connectivity index (χ3v) is 3.67. The Morgan fingerprint density at radius 2 is 2.10 bits per heavy atom. The van der Waals surface area contributed by atoms with Crippen LogP contribution in [0.3, 0.4) is 0 Å². The molecular weight excluding hydrogens is 264 g/mol. The highest BCUT2D eigenvalue weighted by atomic mass is 19.2. The van der Waals surface area contributed by atoms with Crippen molar-refractivity contribution in [2.75, 3.05) is 40.3 Å². The van der Waals surface area contributed by atoms with Gasteiger partial charge in [-0.25, -0.2) is 8.78 Å². The van der Waals surface area contributed by atoms with Crippen LogP contribution in [0, 0.1) is 11.6 Å². The number of carbonyl (C=O) groups excluding carboxylic acids is 1. The van der Waals surface area contributed by atoms with E-state index in [0.717, 1.165) is 25.7 Å². The molecule has 110 valence electrons. The second-order valence-electron chi connectivity index (χ2n) is 5.21. The molecule has 1 aromatic carbocycles. The molecule has 1 amide bonds. The molecule has 0 radical (unpaired) electrons. The first-order valence-electron chi connectivity index (χ1n) is 6.60. The number of likely N-dealkylation sites (N-methyl/N-ethyl adjacent to an activating group) is 2. The number of hydrogen-bond acceptors (Lipinski definition) is 3. The first kappa shape index (κ1) is 14.9. The minimum atomic E-state index is -1.10. The molecular formula is C14H19F2N3O. The molecule has 1 aliphatic heterocycles. The Balaban J connectivity index is 1.96. The zero-order chi connectivity index (χ0) is 14.7. The van der Waals surface area contributed by atoms with Gasteiger partial charge in [-0.15, -0.1) is 0 Å². The fourth-order valence-electron chi connectivity index (χ4n) is 2.31. The topological polar surface area (TPSA) is 35.6 Å². The minimum Gasteiger partial charge on any atom is -0.350 e. The normalized spacial score (nSPS) is 20.9. The highest BCUT2D eigenvalue weighted by Gasteiger charge is 2.23. The lowest BCUT2D eigenvalue weighted by Gasteiger charge is -2.37. The number of nitrogens with one attached hydrogen (secondary N) is 1. The molecule has 20 heavy (non-hydrogen) atoms. The molecule has 4 nitrogen and oxygen atoms in total. The minimum absolute atomic E-state index is 0.175. The maximum absolute atomic E-state index is 13.5. The molecule has 1 aromatic rings. The van der Waals surface area contributed by atoms with Crippen LogP contribution in [0.15, 0.2) is 18.2 Å². The van der Waals surface area contributed by atoms with Gasteiger partial charge in [-0.05, 0) is 26.2 Å². The maximum atomic E-state index is 13.5. The van der Waals surface area contributed by atoms with Gasteiger partial charge in [0.2, 0.25) is 0 Å². The van der Waals surface area contributed by atoms with Gasteiger partial charge in [0.25, 0.3) is 5.91 Å². The zero-order valence-corrected chi connectivity index (χ0v) is 11.7. The standard InChI is InChI=1S/C14H19F2N3O/c1-18-6-7-19(2)10(9-18)8-17-14(20)11-4-3-5-12(15)13(11)16/h3-5,10H,6-9H2,1-2H3,(H,17,20). The lowest BCUT2D eigenvalue weighted by atomic mass is 10.1. The number of benzene rings is 1. The fraction of sp³-hybridized carbons (Fsp3) is 0.500. The van der Waals surface area contributed by atoms with Crippen LogP contribution < -0.4 is 5.32 Å². The molecule has 0 aliphatic carbocycles. The van der Waals surface area contributed by atoms with E-state index in [1.54, 1.807) is 0 Å². The van der Waals surface area contributed by atoms with E-state index in [1.165, 1.54) is 12.1 Å². The van der Waals surface area contributed by atoms with Crippen LogP contribution in [0.4, 0.5) is 8.78 Å².